The minimum absolute atomic E-state index is 0.209. The molecular weight excluding hydrogens is 196 g/mol. The van der Waals surface area contributed by atoms with E-state index in [9.17, 15) is 0 Å². The van der Waals surface area contributed by atoms with Crippen molar-refractivity contribution in [3.05, 3.63) is 6.54 Å². The Morgan fingerprint density at radius 3 is 2.14 bits per heavy atom. The molecular formula is C9H23N2O2Si. The molecule has 4 nitrogen and oxygen atoms in total. The average Bonchev–Trinajstić information content (AvgIpc) is 2.16. The van der Waals surface area contributed by atoms with Gasteiger partial charge in [0.2, 0.25) is 0 Å². The number of hydrogen-bond acceptors (Lipinski definition) is 4. The number of hydrogen-bond donors (Lipinski definition) is 1. The second kappa shape index (κ2) is 6.52. The van der Waals surface area contributed by atoms with E-state index in [0.29, 0.717) is 0 Å². The fourth-order valence-electron chi connectivity index (χ4n) is 1.27. The molecule has 0 spiro atoms. The van der Waals surface area contributed by atoms with E-state index in [4.69, 9.17) is 8.85 Å². The van der Waals surface area contributed by atoms with Gasteiger partial charge in [0.25, 0.3) is 0 Å². The molecule has 0 aliphatic heterocycles. The highest BCUT2D eigenvalue weighted by molar-refractivity contribution is 6.48. The first kappa shape index (κ1) is 14.1. The van der Waals surface area contributed by atoms with E-state index < -0.39 is 9.28 Å². The summed E-state index contributed by atoms with van der Waals surface area (Å²) in [5, 5.41) is 3.15. The van der Waals surface area contributed by atoms with E-state index in [1.165, 1.54) is 0 Å². The van der Waals surface area contributed by atoms with Gasteiger partial charge in [-0.15, -0.1) is 0 Å². The Morgan fingerprint density at radius 1 is 1.36 bits per heavy atom. The lowest BCUT2D eigenvalue weighted by Crippen LogP contribution is -2.64. The molecule has 0 rings (SSSR count). The van der Waals surface area contributed by atoms with Gasteiger partial charge in [-0.3, -0.25) is 10.2 Å². The van der Waals surface area contributed by atoms with E-state index in [1.54, 1.807) is 14.2 Å². The van der Waals surface area contributed by atoms with E-state index >= 15 is 0 Å². The Hall–Kier alpha value is 0.0569. The highest BCUT2D eigenvalue weighted by Gasteiger charge is 2.39. The van der Waals surface area contributed by atoms with Crippen molar-refractivity contribution in [2.45, 2.75) is 25.6 Å². The van der Waals surface area contributed by atoms with E-state index in [0.717, 1.165) is 6.42 Å². The summed E-state index contributed by atoms with van der Waals surface area (Å²) >= 11 is 0. The largest absolute Gasteiger partial charge is 0.398 e. The molecule has 0 aliphatic rings. The third-order valence-electron chi connectivity index (χ3n) is 2.41. The molecule has 0 bridgehead atoms. The summed E-state index contributed by atoms with van der Waals surface area (Å²) in [4.78, 5) is 2.10. The van der Waals surface area contributed by atoms with Crippen LogP contribution in [0.5, 0.6) is 0 Å². The molecule has 14 heavy (non-hydrogen) atoms. The summed E-state index contributed by atoms with van der Waals surface area (Å²) in [7, 11) is 5.73. The SMILES string of the molecule is CC[CH]NC(C)(N(C)C)[SiH](OC)OC. The Labute approximate surface area is 89.4 Å². The van der Waals surface area contributed by atoms with Crippen LogP contribution in [0.1, 0.15) is 20.3 Å². The van der Waals surface area contributed by atoms with Crippen molar-refractivity contribution in [1.82, 2.24) is 10.2 Å². The predicted molar refractivity (Wildman–Crippen MR) is 61.0 cm³/mol. The van der Waals surface area contributed by atoms with Crippen LogP contribution < -0.4 is 5.32 Å². The van der Waals surface area contributed by atoms with Crippen molar-refractivity contribution in [3.8, 4) is 0 Å². The Bertz CT molecular complexity index is 154. The first-order valence-corrected chi connectivity index (χ1v) is 6.37. The molecule has 0 aliphatic carbocycles. The Balaban J connectivity index is 4.50. The van der Waals surface area contributed by atoms with Crippen LogP contribution in [0.3, 0.4) is 0 Å². The van der Waals surface area contributed by atoms with E-state index in [1.807, 2.05) is 20.6 Å². The first-order chi connectivity index (χ1) is 6.52. The van der Waals surface area contributed by atoms with Crippen molar-refractivity contribution < 1.29 is 8.85 Å². The molecule has 5 heteroatoms. The summed E-state index contributed by atoms with van der Waals surface area (Å²) in [5.41, 5.74) is 0. The van der Waals surface area contributed by atoms with Crippen LogP contribution in [-0.2, 0) is 8.85 Å². The van der Waals surface area contributed by atoms with Crippen LogP contribution in [-0.4, -0.2) is 47.8 Å². The lowest BCUT2D eigenvalue weighted by atomic mass is 10.4. The van der Waals surface area contributed by atoms with Crippen molar-refractivity contribution in [3.63, 3.8) is 0 Å². The third-order valence-corrected chi connectivity index (χ3v) is 4.87. The van der Waals surface area contributed by atoms with Crippen molar-refractivity contribution >= 4 is 9.28 Å². The molecule has 0 saturated carbocycles. The minimum atomic E-state index is -1.73. The smallest absolute Gasteiger partial charge is 0.356 e. The fraction of sp³-hybridized carbons (Fsp3) is 0.889. The molecule has 0 aromatic heterocycles. The Morgan fingerprint density at radius 2 is 1.86 bits per heavy atom. The van der Waals surface area contributed by atoms with Crippen molar-refractivity contribution in [1.29, 1.82) is 0 Å². The summed E-state index contributed by atoms with van der Waals surface area (Å²) < 4.78 is 10.8. The number of nitrogens with one attached hydrogen (secondary N) is 1. The van der Waals surface area contributed by atoms with E-state index in [2.05, 4.69) is 24.1 Å². The zero-order valence-electron chi connectivity index (χ0n) is 10.1. The van der Waals surface area contributed by atoms with Gasteiger partial charge in [0.15, 0.2) is 0 Å². The van der Waals surface area contributed by atoms with Crippen LogP contribution in [0.25, 0.3) is 0 Å². The standard InChI is InChI=1S/C9H23N2O2Si/c1-7-8-10-9(2,11(3)4)14(12-5)13-6/h8,10,14H,7H2,1-6H3. The van der Waals surface area contributed by atoms with E-state index in [-0.39, 0.29) is 5.29 Å². The minimum Gasteiger partial charge on any atom is -0.398 e. The van der Waals surface area contributed by atoms with Gasteiger partial charge in [-0.05, 0) is 27.4 Å². The highest BCUT2D eigenvalue weighted by atomic mass is 28.3. The van der Waals surface area contributed by atoms with Gasteiger partial charge in [-0.2, -0.15) is 0 Å². The molecule has 0 fully saturated rings. The molecule has 0 aromatic carbocycles. The summed E-state index contributed by atoms with van der Waals surface area (Å²) in [6.45, 7) is 6.24. The molecule has 1 atom stereocenters. The molecule has 0 saturated heterocycles. The second-order valence-electron chi connectivity index (χ2n) is 3.60. The quantitative estimate of drug-likeness (QED) is 0.499. The molecule has 0 amide bonds. The Kier molecular flexibility index (Phi) is 6.55. The van der Waals surface area contributed by atoms with Crippen LogP contribution in [0.2, 0.25) is 0 Å². The third kappa shape index (κ3) is 3.32. The maximum absolute atomic E-state index is 5.42. The number of nitrogens with zero attached hydrogens (tertiary/aromatic N) is 1. The molecule has 0 heterocycles. The summed E-state index contributed by atoms with van der Waals surface area (Å²) in [5.74, 6) is 0. The maximum Gasteiger partial charge on any atom is 0.356 e. The fourth-order valence-corrected chi connectivity index (χ4v) is 3.06. The van der Waals surface area contributed by atoms with Gasteiger partial charge in [-0.1, -0.05) is 6.92 Å². The van der Waals surface area contributed by atoms with Crippen LogP contribution in [0, 0.1) is 6.54 Å². The highest BCUT2D eigenvalue weighted by Crippen LogP contribution is 2.14. The summed E-state index contributed by atoms with van der Waals surface area (Å²) in [6, 6.07) is 0. The van der Waals surface area contributed by atoms with Gasteiger partial charge < -0.3 is 8.85 Å². The van der Waals surface area contributed by atoms with Crippen LogP contribution in [0.15, 0.2) is 0 Å². The van der Waals surface area contributed by atoms with Gasteiger partial charge >= 0.3 is 9.28 Å². The van der Waals surface area contributed by atoms with Gasteiger partial charge in [-0.25, -0.2) is 0 Å². The predicted octanol–water partition coefficient (Wildman–Crippen LogP) is 0.478. The molecule has 1 unspecified atom stereocenters. The lowest BCUT2D eigenvalue weighted by molar-refractivity contribution is 0.142. The van der Waals surface area contributed by atoms with Gasteiger partial charge in [0, 0.05) is 20.8 Å². The normalized spacial score (nSPS) is 16.3. The second-order valence-corrected chi connectivity index (χ2v) is 6.33. The molecule has 85 valence electrons. The topological polar surface area (TPSA) is 33.7 Å². The van der Waals surface area contributed by atoms with Crippen LogP contribution >= 0.6 is 0 Å². The lowest BCUT2D eigenvalue weighted by Gasteiger charge is -2.40. The average molecular weight is 219 g/mol. The van der Waals surface area contributed by atoms with Crippen LogP contribution in [0.4, 0.5) is 0 Å². The summed E-state index contributed by atoms with van der Waals surface area (Å²) in [6.07, 6.45) is 0.984. The molecule has 0 aromatic rings. The molecule has 1 N–H and O–H groups in total. The van der Waals surface area contributed by atoms with Crippen molar-refractivity contribution in [2.75, 3.05) is 28.3 Å². The van der Waals surface area contributed by atoms with Gasteiger partial charge in [0.05, 0.1) is 0 Å². The zero-order chi connectivity index (χ0) is 11.2. The maximum atomic E-state index is 5.42. The first-order valence-electron chi connectivity index (χ1n) is 4.85. The zero-order valence-corrected chi connectivity index (χ0v) is 11.3. The molecule has 1 radical (unpaired) electrons. The van der Waals surface area contributed by atoms with Gasteiger partial charge in [0.1, 0.15) is 5.29 Å². The van der Waals surface area contributed by atoms with Crippen molar-refractivity contribution in [2.24, 2.45) is 0 Å². The number of rotatable bonds is 7. The monoisotopic (exact) mass is 219 g/mol.